The predicted molar refractivity (Wildman–Crippen MR) is 153 cm³/mol. The molecule has 1 aromatic heterocycles. The molecule has 0 spiro atoms. The number of benzene rings is 2. The molecule has 2 fully saturated rings. The third-order valence-corrected chi connectivity index (χ3v) is 8.51. The van der Waals surface area contributed by atoms with Crippen LogP contribution in [0.3, 0.4) is 0 Å². The van der Waals surface area contributed by atoms with E-state index in [0.29, 0.717) is 30.2 Å². The van der Waals surface area contributed by atoms with Crippen LogP contribution in [0, 0.1) is 0 Å². The van der Waals surface area contributed by atoms with Crippen molar-refractivity contribution in [3.05, 3.63) is 58.7 Å². The van der Waals surface area contributed by atoms with Gasteiger partial charge in [0.15, 0.2) is 0 Å². The van der Waals surface area contributed by atoms with Gasteiger partial charge in [0.2, 0.25) is 0 Å². The number of halogens is 1. The third kappa shape index (κ3) is 5.64. The minimum atomic E-state index is -0.261. The Kier molecular flexibility index (Phi) is 8.45. The van der Waals surface area contributed by atoms with Gasteiger partial charge in [0, 0.05) is 68.0 Å². The van der Waals surface area contributed by atoms with Gasteiger partial charge in [-0.25, -0.2) is 0 Å². The van der Waals surface area contributed by atoms with Gasteiger partial charge in [0.1, 0.15) is 17.8 Å². The van der Waals surface area contributed by atoms with Crippen LogP contribution in [0.25, 0.3) is 10.9 Å². The number of fused-ring (bicyclic) bond motifs is 1. The van der Waals surface area contributed by atoms with Crippen LogP contribution in [0.4, 0.5) is 0 Å². The van der Waals surface area contributed by atoms with E-state index in [-0.39, 0.29) is 17.9 Å². The number of carbonyl (C=O) groups is 2. The van der Waals surface area contributed by atoms with Crippen LogP contribution in [-0.4, -0.2) is 98.0 Å². The molecule has 8 nitrogen and oxygen atoms in total. The van der Waals surface area contributed by atoms with Crippen molar-refractivity contribution in [3.63, 3.8) is 0 Å². The number of rotatable bonds is 8. The largest absolute Gasteiger partial charge is 0.496 e. The van der Waals surface area contributed by atoms with Crippen molar-refractivity contribution in [1.82, 2.24) is 19.3 Å². The second-order valence-corrected chi connectivity index (χ2v) is 11.0. The number of ether oxygens (including phenoxy) is 2. The summed E-state index contributed by atoms with van der Waals surface area (Å²) in [4.78, 5) is 32.4. The van der Waals surface area contributed by atoms with Gasteiger partial charge in [-0.1, -0.05) is 23.7 Å². The number of methoxy groups -OCH3 is 2. The molecule has 0 saturated carbocycles. The van der Waals surface area contributed by atoms with Crippen LogP contribution >= 0.6 is 11.6 Å². The minimum absolute atomic E-state index is 0.00812. The van der Waals surface area contributed by atoms with E-state index >= 15 is 0 Å². The van der Waals surface area contributed by atoms with Crippen molar-refractivity contribution in [1.29, 1.82) is 0 Å². The van der Waals surface area contributed by atoms with E-state index in [0.717, 1.165) is 73.3 Å². The second-order valence-electron chi connectivity index (χ2n) is 10.5. The topological polar surface area (TPSA) is 67.2 Å². The van der Waals surface area contributed by atoms with Crippen LogP contribution in [0.15, 0.2) is 42.6 Å². The Balaban J connectivity index is 1.36. The van der Waals surface area contributed by atoms with Gasteiger partial charge >= 0.3 is 0 Å². The second kappa shape index (κ2) is 12.0. The van der Waals surface area contributed by atoms with Crippen molar-refractivity contribution in [3.8, 4) is 11.5 Å². The number of piperidine rings is 1. The molecule has 208 valence electrons. The lowest BCUT2D eigenvalue weighted by atomic mass is 9.88. The predicted octanol–water partition coefficient (Wildman–Crippen LogP) is 4.15. The molecule has 5 rings (SSSR count). The summed E-state index contributed by atoms with van der Waals surface area (Å²) >= 11 is 6.37. The van der Waals surface area contributed by atoms with Crippen molar-refractivity contribution in [2.75, 3.05) is 60.5 Å². The van der Waals surface area contributed by atoms with Crippen LogP contribution in [0.5, 0.6) is 11.5 Å². The Hall–Kier alpha value is -3.07. The Labute approximate surface area is 235 Å². The first kappa shape index (κ1) is 27.5. The van der Waals surface area contributed by atoms with Gasteiger partial charge < -0.3 is 28.6 Å². The molecule has 1 amide bonds. The molecule has 0 radical (unpaired) electrons. The van der Waals surface area contributed by atoms with Gasteiger partial charge in [-0.15, -0.1) is 0 Å². The molecule has 3 aromatic rings. The lowest BCUT2D eigenvalue weighted by molar-refractivity contribution is -0.113. The van der Waals surface area contributed by atoms with Crippen LogP contribution < -0.4 is 9.47 Å². The van der Waals surface area contributed by atoms with E-state index in [1.54, 1.807) is 14.2 Å². The zero-order valence-corrected chi connectivity index (χ0v) is 23.7. The number of piperazine rings is 1. The van der Waals surface area contributed by atoms with E-state index in [2.05, 4.69) is 16.8 Å². The summed E-state index contributed by atoms with van der Waals surface area (Å²) in [6.07, 6.45) is 4.58. The van der Waals surface area contributed by atoms with Crippen LogP contribution in [0.1, 0.15) is 34.7 Å². The number of carbonyl (C=O) groups excluding carboxylic acids is 2. The lowest BCUT2D eigenvalue weighted by Gasteiger charge is -2.35. The molecule has 3 heterocycles. The summed E-state index contributed by atoms with van der Waals surface area (Å²) in [7, 11) is 5.46. The van der Waals surface area contributed by atoms with Crippen molar-refractivity contribution in [2.24, 2.45) is 0 Å². The molecule has 0 aliphatic carbocycles. The lowest BCUT2D eigenvalue weighted by Crippen LogP contribution is -2.50. The van der Waals surface area contributed by atoms with Crippen LogP contribution in [0.2, 0.25) is 5.02 Å². The summed E-state index contributed by atoms with van der Waals surface area (Å²) in [6, 6.07) is 11.2. The molecule has 9 heteroatoms. The quantitative estimate of drug-likeness (QED) is 0.391. The number of amides is 1. The van der Waals surface area contributed by atoms with Gasteiger partial charge in [-0.3, -0.25) is 9.69 Å². The van der Waals surface area contributed by atoms with Gasteiger partial charge in [-0.05, 0) is 50.1 Å². The monoisotopic (exact) mass is 552 g/mol. The maximum Gasteiger partial charge on any atom is 0.256 e. The molecule has 2 aromatic carbocycles. The number of aromatic nitrogens is 1. The summed E-state index contributed by atoms with van der Waals surface area (Å²) < 4.78 is 13.3. The highest BCUT2D eigenvalue weighted by atomic mass is 35.5. The molecule has 0 N–H and O–H groups in total. The van der Waals surface area contributed by atoms with Crippen molar-refractivity contribution < 1.29 is 19.1 Å². The highest BCUT2D eigenvalue weighted by Gasteiger charge is 2.30. The number of hydrogen-bond donors (Lipinski definition) is 0. The summed E-state index contributed by atoms with van der Waals surface area (Å²) in [5.41, 5.74) is 2.60. The highest BCUT2D eigenvalue weighted by molar-refractivity contribution is 6.31. The van der Waals surface area contributed by atoms with Gasteiger partial charge in [0.05, 0.1) is 31.3 Å². The first-order valence-electron chi connectivity index (χ1n) is 13.6. The maximum atomic E-state index is 13.8. The zero-order valence-electron chi connectivity index (χ0n) is 22.9. The normalized spacial score (nSPS) is 18.3. The number of likely N-dealkylation sites (tertiary alicyclic amines) is 1. The third-order valence-electron chi connectivity index (χ3n) is 8.28. The average Bonchev–Trinajstić information content (AvgIpc) is 3.32. The number of nitrogens with zero attached hydrogens (tertiary/aromatic N) is 4. The standard InChI is InChI=1S/C30H37ClN4O4/c1-32-13-15-33(16-14-32)23(20-36)18-35-19-25(24-8-7-22(31)17-26(24)35)30(37)34-11-9-21(10-12-34)29-27(38-2)5-4-6-28(29)39-3/h4-8,17,19-21,23H,9-16,18H2,1-3H3. The first-order valence-corrected chi connectivity index (χ1v) is 14.0. The Bertz CT molecular complexity index is 1300. The van der Waals surface area contributed by atoms with Crippen molar-refractivity contribution in [2.45, 2.75) is 31.3 Å². The average molecular weight is 553 g/mol. The molecule has 2 saturated heterocycles. The number of likely N-dealkylation sites (N-methyl/N-ethyl adjacent to an activating group) is 1. The fourth-order valence-corrected chi connectivity index (χ4v) is 6.18. The number of aldehydes is 1. The molecular weight excluding hydrogens is 516 g/mol. The highest BCUT2D eigenvalue weighted by Crippen LogP contribution is 2.40. The summed E-state index contributed by atoms with van der Waals surface area (Å²) in [6.45, 7) is 5.32. The van der Waals surface area contributed by atoms with Gasteiger partial charge in [0.25, 0.3) is 5.91 Å². The molecular formula is C30H37ClN4O4. The summed E-state index contributed by atoms with van der Waals surface area (Å²) in [5, 5.41) is 1.47. The fourth-order valence-electron chi connectivity index (χ4n) is 6.01. The SMILES string of the molecule is COc1cccc(OC)c1C1CCN(C(=O)c2cn(CC(C=O)N3CCN(C)CC3)c3cc(Cl)ccc23)CC1. The molecule has 2 aliphatic heterocycles. The minimum Gasteiger partial charge on any atom is -0.496 e. The van der Waals surface area contributed by atoms with E-state index in [9.17, 15) is 9.59 Å². The van der Waals surface area contributed by atoms with Crippen LogP contribution in [-0.2, 0) is 11.3 Å². The molecule has 0 bridgehead atoms. The first-order chi connectivity index (χ1) is 18.9. The van der Waals surface area contributed by atoms with E-state index < -0.39 is 0 Å². The number of hydrogen-bond acceptors (Lipinski definition) is 6. The van der Waals surface area contributed by atoms with E-state index in [4.69, 9.17) is 21.1 Å². The molecule has 39 heavy (non-hydrogen) atoms. The van der Waals surface area contributed by atoms with Gasteiger partial charge in [-0.2, -0.15) is 0 Å². The summed E-state index contributed by atoms with van der Waals surface area (Å²) in [5.74, 6) is 1.90. The van der Waals surface area contributed by atoms with E-state index in [1.807, 2.05) is 52.1 Å². The Morgan fingerprint density at radius 1 is 1.03 bits per heavy atom. The fraction of sp³-hybridized carbons (Fsp3) is 0.467. The Morgan fingerprint density at radius 3 is 2.31 bits per heavy atom. The zero-order chi connectivity index (χ0) is 27.5. The molecule has 1 atom stereocenters. The van der Waals surface area contributed by atoms with Crippen molar-refractivity contribution >= 4 is 34.7 Å². The smallest absolute Gasteiger partial charge is 0.256 e. The molecule has 1 unspecified atom stereocenters. The van der Waals surface area contributed by atoms with E-state index in [1.165, 1.54) is 0 Å². The maximum absolute atomic E-state index is 13.8. The Morgan fingerprint density at radius 2 is 1.69 bits per heavy atom. The molecule has 2 aliphatic rings.